The van der Waals surface area contributed by atoms with Gasteiger partial charge in [0.1, 0.15) is 16.3 Å². The highest BCUT2D eigenvalue weighted by Crippen LogP contribution is 2.43. The number of hydrogen-bond donors (Lipinski definition) is 2. The first-order valence-electron chi connectivity index (χ1n) is 12.1. The first-order chi connectivity index (χ1) is 18.0. The third kappa shape index (κ3) is 6.28. The molecule has 1 fully saturated rings. The lowest BCUT2D eigenvalue weighted by atomic mass is 9.78. The van der Waals surface area contributed by atoms with E-state index in [2.05, 4.69) is 20.3 Å². The average Bonchev–Trinajstić information content (AvgIpc) is 3.38. The number of nitrogens with one attached hydrogen (secondary N) is 1. The Morgan fingerprint density at radius 2 is 2.03 bits per heavy atom. The third-order valence-electron chi connectivity index (χ3n) is 6.57. The molecule has 200 valence electrons. The number of aryl methyl sites for hydroxylation is 1. The van der Waals surface area contributed by atoms with Crippen molar-refractivity contribution in [3.05, 3.63) is 52.9 Å². The van der Waals surface area contributed by atoms with Crippen LogP contribution < -0.4 is 5.32 Å². The van der Waals surface area contributed by atoms with Crippen molar-refractivity contribution in [3.63, 3.8) is 0 Å². The SMILES string of the molecule is Cc1cc(Nc2nccc(C(F)(F)F)n2)cc(-c2cnc(C3(O)CCC(C(=O)N(C)CCC#N)CC3)s2)c1. The average molecular weight is 545 g/mol. The highest BCUT2D eigenvalue weighted by Gasteiger charge is 2.40. The molecule has 0 saturated heterocycles. The molecule has 1 amide bonds. The molecule has 0 atom stereocenters. The van der Waals surface area contributed by atoms with Gasteiger partial charge >= 0.3 is 6.18 Å². The van der Waals surface area contributed by atoms with Crippen molar-refractivity contribution < 1.29 is 23.1 Å². The summed E-state index contributed by atoms with van der Waals surface area (Å²) in [7, 11) is 1.69. The highest BCUT2D eigenvalue weighted by atomic mass is 32.1. The second kappa shape index (κ2) is 11.0. The Kier molecular flexibility index (Phi) is 7.99. The lowest BCUT2D eigenvalue weighted by Crippen LogP contribution is -2.39. The normalized spacial score (nSPS) is 19.6. The number of halogens is 3. The number of carbonyl (C=O) groups is 1. The summed E-state index contributed by atoms with van der Waals surface area (Å²) in [6.07, 6.45) is 0.279. The fourth-order valence-corrected chi connectivity index (χ4v) is 5.57. The van der Waals surface area contributed by atoms with E-state index in [9.17, 15) is 23.1 Å². The van der Waals surface area contributed by atoms with Crippen molar-refractivity contribution in [2.45, 2.75) is 50.8 Å². The van der Waals surface area contributed by atoms with E-state index in [1.807, 2.05) is 19.1 Å². The fraction of sp³-hybridized carbons (Fsp3) is 0.423. The van der Waals surface area contributed by atoms with E-state index in [0.29, 0.717) is 42.9 Å². The summed E-state index contributed by atoms with van der Waals surface area (Å²) in [6.45, 7) is 2.25. The number of nitriles is 1. The molecule has 1 aliphatic carbocycles. The predicted octanol–water partition coefficient (Wildman–Crippen LogP) is 5.42. The smallest absolute Gasteiger partial charge is 0.383 e. The topological polar surface area (TPSA) is 115 Å². The van der Waals surface area contributed by atoms with Crippen LogP contribution in [-0.4, -0.2) is 44.5 Å². The van der Waals surface area contributed by atoms with E-state index < -0.39 is 17.5 Å². The standard InChI is InChI=1S/C26H27F3N6O2S/c1-16-12-18(14-19(13-16)33-24-31-10-6-21(34-24)26(27,28)29)20-15-32-23(38-20)25(37)7-4-17(5-8-25)22(36)35(2)11-3-9-30/h6,10,12-15,17,37H,3-5,7-8,11H2,1-2H3,(H,31,33,34). The Hall–Kier alpha value is -3.56. The van der Waals surface area contributed by atoms with Crippen molar-refractivity contribution in [3.8, 4) is 16.5 Å². The maximum Gasteiger partial charge on any atom is 0.433 e. The minimum atomic E-state index is -4.57. The lowest BCUT2D eigenvalue weighted by molar-refractivity contribution is -0.141. The van der Waals surface area contributed by atoms with E-state index in [1.165, 1.54) is 11.3 Å². The molecule has 1 aromatic carbocycles. The quantitative estimate of drug-likeness (QED) is 0.408. The van der Waals surface area contributed by atoms with E-state index in [-0.39, 0.29) is 24.2 Å². The first kappa shape index (κ1) is 27.5. The molecule has 12 heteroatoms. The van der Waals surface area contributed by atoms with E-state index in [1.54, 1.807) is 30.3 Å². The fourth-order valence-electron chi connectivity index (χ4n) is 4.52. The van der Waals surface area contributed by atoms with Gasteiger partial charge in [0.25, 0.3) is 0 Å². The number of aromatic nitrogens is 3. The largest absolute Gasteiger partial charge is 0.433 e. The van der Waals surface area contributed by atoms with Gasteiger partial charge < -0.3 is 15.3 Å². The number of hydrogen-bond acceptors (Lipinski definition) is 8. The zero-order valence-corrected chi connectivity index (χ0v) is 21.7. The van der Waals surface area contributed by atoms with Gasteiger partial charge in [-0.3, -0.25) is 4.79 Å². The lowest BCUT2D eigenvalue weighted by Gasteiger charge is -2.35. The zero-order chi connectivity index (χ0) is 27.5. The van der Waals surface area contributed by atoms with Gasteiger partial charge in [0.15, 0.2) is 0 Å². The second-order valence-electron chi connectivity index (χ2n) is 9.48. The Balaban J connectivity index is 1.47. The van der Waals surface area contributed by atoms with Gasteiger partial charge in [-0.15, -0.1) is 11.3 Å². The van der Waals surface area contributed by atoms with Crippen LogP contribution in [0, 0.1) is 24.2 Å². The summed E-state index contributed by atoms with van der Waals surface area (Å²) in [5.41, 5.74) is 0.00258. The molecule has 8 nitrogen and oxygen atoms in total. The van der Waals surface area contributed by atoms with Crippen LogP contribution in [0.4, 0.5) is 24.8 Å². The molecule has 2 aromatic heterocycles. The van der Waals surface area contributed by atoms with Crippen molar-refractivity contribution in [1.29, 1.82) is 5.26 Å². The van der Waals surface area contributed by atoms with E-state index in [0.717, 1.165) is 28.3 Å². The molecule has 2 N–H and O–H groups in total. The van der Waals surface area contributed by atoms with Crippen LogP contribution in [0.25, 0.3) is 10.4 Å². The Morgan fingerprint density at radius 3 is 2.71 bits per heavy atom. The van der Waals surface area contributed by atoms with Crippen LogP contribution in [0.5, 0.6) is 0 Å². The summed E-state index contributed by atoms with van der Waals surface area (Å²) in [4.78, 5) is 27.0. The number of nitrogens with zero attached hydrogens (tertiary/aromatic N) is 5. The third-order valence-corrected chi connectivity index (χ3v) is 7.80. The maximum atomic E-state index is 13.0. The Bertz CT molecular complexity index is 1350. The molecule has 0 spiro atoms. The Labute approximate surface area is 222 Å². The summed E-state index contributed by atoms with van der Waals surface area (Å²) in [5.74, 6) is -0.367. The number of benzene rings is 1. The minimum absolute atomic E-state index is 0.00771. The summed E-state index contributed by atoms with van der Waals surface area (Å²) < 4.78 is 39.0. The van der Waals surface area contributed by atoms with Gasteiger partial charge in [0, 0.05) is 37.6 Å². The van der Waals surface area contributed by atoms with Crippen LogP contribution in [0.1, 0.15) is 48.4 Å². The van der Waals surface area contributed by atoms with Crippen LogP contribution >= 0.6 is 11.3 Å². The molecule has 2 heterocycles. The van der Waals surface area contributed by atoms with Crippen molar-refractivity contribution in [1.82, 2.24) is 19.9 Å². The minimum Gasteiger partial charge on any atom is -0.383 e. The molecule has 0 bridgehead atoms. The van der Waals surface area contributed by atoms with Crippen LogP contribution in [-0.2, 0) is 16.6 Å². The van der Waals surface area contributed by atoms with Crippen LogP contribution in [0.2, 0.25) is 0 Å². The van der Waals surface area contributed by atoms with Crippen molar-refractivity contribution in [2.24, 2.45) is 5.92 Å². The van der Waals surface area contributed by atoms with Crippen molar-refractivity contribution in [2.75, 3.05) is 18.9 Å². The van der Waals surface area contributed by atoms with Crippen LogP contribution in [0.3, 0.4) is 0 Å². The highest BCUT2D eigenvalue weighted by molar-refractivity contribution is 7.15. The van der Waals surface area contributed by atoms with Gasteiger partial charge in [-0.05, 0) is 61.9 Å². The molecular formula is C26H27F3N6O2S. The molecule has 4 rings (SSSR count). The molecule has 0 radical (unpaired) electrons. The second-order valence-corrected chi connectivity index (χ2v) is 10.5. The number of alkyl halides is 3. The van der Waals surface area contributed by atoms with Gasteiger partial charge in [-0.2, -0.15) is 18.4 Å². The van der Waals surface area contributed by atoms with Gasteiger partial charge in [-0.25, -0.2) is 15.0 Å². The van der Waals surface area contributed by atoms with Gasteiger partial charge in [0.2, 0.25) is 11.9 Å². The van der Waals surface area contributed by atoms with Crippen molar-refractivity contribution >= 4 is 28.9 Å². The molecule has 0 unspecified atom stereocenters. The number of rotatable bonds is 7. The van der Waals surface area contributed by atoms with E-state index in [4.69, 9.17) is 5.26 Å². The molecule has 1 saturated carbocycles. The number of amides is 1. The number of aliphatic hydroxyl groups is 1. The summed E-state index contributed by atoms with van der Waals surface area (Å²) in [6, 6.07) is 8.32. The molecule has 3 aromatic rings. The van der Waals surface area contributed by atoms with Gasteiger partial charge in [0.05, 0.1) is 17.4 Å². The Morgan fingerprint density at radius 1 is 1.29 bits per heavy atom. The molecular weight excluding hydrogens is 517 g/mol. The maximum absolute atomic E-state index is 13.0. The zero-order valence-electron chi connectivity index (χ0n) is 20.9. The molecule has 38 heavy (non-hydrogen) atoms. The first-order valence-corrected chi connectivity index (χ1v) is 12.9. The predicted molar refractivity (Wildman–Crippen MR) is 136 cm³/mol. The number of carbonyl (C=O) groups excluding carboxylic acids is 1. The summed E-state index contributed by atoms with van der Waals surface area (Å²) in [5, 5.41) is 23.5. The van der Waals surface area contributed by atoms with Crippen LogP contribution in [0.15, 0.2) is 36.7 Å². The molecule has 1 aliphatic rings. The summed E-state index contributed by atoms with van der Waals surface area (Å²) >= 11 is 1.35. The van der Waals surface area contributed by atoms with E-state index >= 15 is 0 Å². The number of thiazole rings is 1. The molecule has 0 aliphatic heterocycles. The number of anilines is 2. The van der Waals surface area contributed by atoms with Gasteiger partial charge in [-0.1, -0.05) is 6.07 Å². The monoisotopic (exact) mass is 544 g/mol.